The molecular weight excluding hydrogens is 238 g/mol. The molecule has 0 spiro atoms. The van der Waals surface area contributed by atoms with Gasteiger partial charge in [-0.2, -0.15) is 0 Å². The molecule has 4 nitrogen and oxygen atoms in total. The third kappa shape index (κ3) is 5.17. The summed E-state index contributed by atoms with van der Waals surface area (Å²) in [6, 6.07) is 1.95. The van der Waals surface area contributed by atoms with Gasteiger partial charge in [-0.3, -0.25) is 9.69 Å². The molecule has 1 heterocycles. The standard InChI is InChI=1S/C15H27N3O/c1-6-18(9-7-8-17(4)5)11-15(19)14-10-12(2)16-13(14)3/h10,16H,6-9,11H2,1-5H3. The van der Waals surface area contributed by atoms with Gasteiger partial charge < -0.3 is 9.88 Å². The fourth-order valence-electron chi connectivity index (χ4n) is 2.26. The SMILES string of the molecule is CCN(CCCN(C)C)CC(=O)c1cc(C)[nH]c1C. The highest BCUT2D eigenvalue weighted by atomic mass is 16.1. The van der Waals surface area contributed by atoms with Crippen molar-refractivity contribution < 1.29 is 4.79 Å². The van der Waals surface area contributed by atoms with Crippen LogP contribution in [0.25, 0.3) is 0 Å². The van der Waals surface area contributed by atoms with Gasteiger partial charge in [-0.25, -0.2) is 0 Å². The summed E-state index contributed by atoms with van der Waals surface area (Å²) in [7, 11) is 4.15. The topological polar surface area (TPSA) is 39.3 Å². The van der Waals surface area contributed by atoms with Gasteiger partial charge in [0.1, 0.15) is 0 Å². The highest BCUT2D eigenvalue weighted by Gasteiger charge is 2.14. The summed E-state index contributed by atoms with van der Waals surface area (Å²) >= 11 is 0. The molecule has 0 amide bonds. The van der Waals surface area contributed by atoms with Crippen LogP contribution in [0.1, 0.15) is 35.1 Å². The van der Waals surface area contributed by atoms with Gasteiger partial charge in [-0.05, 0) is 60.1 Å². The van der Waals surface area contributed by atoms with Crippen LogP contribution in [0.15, 0.2) is 6.07 Å². The number of nitrogens with one attached hydrogen (secondary N) is 1. The molecule has 0 atom stereocenters. The van der Waals surface area contributed by atoms with Gasteiger partial charge >= 0.3 is 0 Å². The first kappa shape index (κ1) is 15.9. The van der Waals surface area contributed by atoms with Gasteiger partial charge in [0.15, 0.2) is 5.78 Å². The first-order valence-corrected chi connectivity index (χ1v) is 7.00. The molecule has 0 aliphatic heterocycles. The molecule has 0 saturated carbocycles. The van der Waals surface area contributed by atoms with E-state index in [0.29, 0.717) is 6.54 Å². The molecule has 0 aromatic carbocycles. The van der Waals surface area contributed by atoms with Crippen LogP contribution in [0.4, 0.5) is 0 Å². The molecule has 1 aromatic rings. The van der Waals surface area contributed by atoms with Crippen LogP contribution < -0.4 is 0 Å². The minimum Gasteiger partial charge on any atom is -0.362 e. The van der Waals surface area contributed by atoms with Gasteiger partial charge in [0.2, 0.25) is 0 Å². The van der Waals surface area contributed by atoms with E-state index in [1.54, 1.807) is 0 Å². The lowest BCUT2D eigenvalue weighted by Crippen LogP contribution is -2.32. The van der Waals surface area contributed by atoms with Gasteiger partial charge in [-0.1, -0.05) is 6.92 Å². The molecule has 108 valence electrons. The Morgan fingerprint density at radius 1 is 1.26 bits per heavy atom. The van der Waals surface area contributed by atoms with Crippen LogP contribution >= 0.6 is 0 Å². The quantitative estimate of drug-likeness (QED) is 0.732. The van der Waals surface area contributed by atoms with Gasteiger partial charge in [0, 0.05) is 17.0 Å². The second-order valence-electron chi connectivity index (χ2n) is 5.44. The minimum atomic E-state index is 0.216. The average Bonchev–Trinajstić information content (AvgIpc) is 2.66. The Balaban J connectivity index is 2.51. The van der Waals surface area contributed by atoms with Crippen molar-refractivity contribution in [3.05, 3.63) is 23.0 Å². The Labute approximate surface area is 116 Å². The molecule has 1 N–H and O–H groups in total. The molecule has 1 rings (SSSR count). The van der Waals surface area contributed by atoms with Crippen molar-refractivity contribution in [2.24, 2.45) is 0 Å². The Hall–Kier alpha value is -1.13. The monoisotopic (exact) mass is 265 g/mol. The zero-order valence-electron chi connectivity index (χ0n) is 12.9. The number of nitrogens with zero attached hydrogens (tertiary/aromatic N) is 2. The fraction of sp³-hybridized carbons (Fsp3) is 0.667. The average molecular weight is 265 g/mol. The molecular formula is C15H27N3O. The molecule has 0 bridgehead atoms. The van der Waals surface area contributed by atoms with E-state index in [0.717, 1.165) is 43.0 Å². The highest BCUT2D eigenvalue weighted by molar-refractivity contribution is 5.98. The molecule has 0 aliphatic rings. The smallest absolute Gasteiger partial charge is 0.178 e. The Morgan fingerprint density at radius 3 is 2.42 bits per heavy atom. The maximum atomic E-state index is 12.3. The van der Waals surface area contributed by atoms with Gasteiger partial charge in [0.05, 0.1) is 6.54 Å². The highest BCUT2D eigenvalue weighted by Crippen LogP contribution is 2.11. The zero-order valence-corrected chi connectivity index (χ0v) is 12.9. The number of rotatable bonds is 8. The summed E-state index contributed by atoms with van der Waals surface area (Å²) in [6.45, 7) is 9.53. The van der Waals surface area contributed by atoms with Crippen LogP contribution in [0.5, 0.6) is 0 Å². The summed E-state index contributed by atoms with van der Waals surface area (Å²) in [5, 5.41) is 0. The first-order valence-electron chi connectivity index (χ1n) is 7.00. The Bertz CT molecular complexity index is 410. The Kier molecular flexibility index (Phi) is 6.25. The van der Waals surface area contributed by atoms with Crippen molar-refractivity contribution in [2.75, 3.05) is 40.3 Å². The van der Waals surface area contributed by atoms with Crippen LogP contribution in [-0.4, -0.2) is 60.8 Å². The Morgan fingerprint density at radius 2 is 1.95 bits per heavy atom. The molecule has 1 aromatic heterocycles. The third-order valence-electron chi connectivity index (χ3n) is 3.34. The summed E-state index contributed by atoms with van der Waals surface area (Å²) < 4.78 is 0. The number of Topliss-reactive ketones (excluding diaryl/α,β-unsaturated/α-hetero) is 1. The van der Waals surface area contributed by atoms with Crippen LogP contribution in [0.3, 0.4) is 0 Å². The number of H-pyrrole nitrogens is 1. The predicted molar refractivity (Wildman–Crippen MR) is 79.9 cm³/mol. The van der Waals surface area contributed by atoms with Crippen molar-refractivity contribution >= 4 is 5.78 Å². The van der Waals surface area contributed by atoms with E-state index in [2.05, 4.69) is 35.8 Å². The first-order chi connectivity index (χ1) is 8.93. The predicted octanol–water partition coefficient (Wildman–Crippen LogP) is 2.09. The number of carbonyl (C=O) groups is 1. The number of aryl methyl sites for hydroxylation is 2. The number of aromatic nitrogens is 1. The number of hydrogen-bond donors (Lipinski definition) is 1. The summed E-state index contributed by atoms with van der Waals surface area (Å²) in [5.74, 6) is 0.216. The van der Waals surface area contributed by atoms with E-state index < -0.39 is 0 Å². The normalized spacial score (nSPS) is 11.5. The molecule has 0 aliphatic carbocycles. The molecule has 19 heavy (non-hydrogen) atoms. The number of hydrogen-bond acceptors (Lipinski definition) is 3. The van der Waals surface area contributed by atoms with Crippen LogP contribution in [0, 0.1) is 13.8 Å². The van der Waals surface area contributed by atoms with Crippen LogP contribution in [-0.2, 0) is 0 Å². The molecule has 0 radical (unpaired) electrons. The van der Waals surface area contributed by atoms with Crippen molar-refractivity contribution in [1.82, 2.24) is 14.8 Å². The number of aromatic amines is 1. The minimum absolute atomic E-state index is 0.216. The van der Waals surface area contributed by atoms with E-state index in [9.17, 15) is 4.79 Å². The van der Waals surface area contributed by atoms with Crippen molar-refractivity contribution in [2.45, 2.75) is 27.2 Å². The molecule has 4 heteroatoms. The number of likely N-dealkylation sites (N-methyl/N-ethyl adjacent to an activating group) is 1. The van der Waals surface area contributed by atoms with E-state index >= 15 is 0 Å². The van der Waals surface area contributed by atoms with Crippen molar-refractivity contribution in [1.29, 1.82) is 0 Å². The number of carbonyl (C=O) groups excluding carboxylic acids is 1. The molecule has 0 saturated heterocycles. The second kappa shape index (κ2) is 7.46. The fourth-order valence-corrected chi connectivity index (χ4v) is 2.26. The lowest BCUT2D eigenvalue weighted by molar-refractivity contribution is 0.0931. The summed E-state index contributed by atoms with van der Waals surface area (Å²) in [4.78, 5) is 19.9. The van der Waals surface area contributed by atoms with Crippen LogP contribution in [0.2, 0.25) is 0 Å². The van der Waals surface area contributed by atoms with E-state index in [1.807, 2.05) is 19.9 Å². The molecule has 0 unspecified atom stereocenters. The van der Waals surface area contributed by atoms with Gasteiger partial charge in [-0.15, -0.1) is 0 Å². The summed E-state index contributed by atoms with van der Waals surface area (Å²) in [5.41, 5.74) is 2.87. The lowest BCUT2D eigenvalue weighted by atomic mass is 10.1. The maximum absolute atomic E-state index is 12.3. The summed E-state index contributed by atoms with van der Waals surface area (Å²) in [6.07, 6.45) is 1.10. The largest absolute Gasteiger partial charge is 0.362 e. The lowest BCUT2D eigenvalue weighted by Gasteiger charge is -2.20. The van der Waals surface area contributed by atoms with E-state index in [-0.39, 0.29) is 5.78 Å². The second-order valence-corrected chi connectivity index (χ2v) is 5.44. The maximum Gasteiger partial charge on any atom is 0.178 e. The van der Waals surface area contributed by atoms with Gasteiger partial charge in [0.25, 0.3) is 0 Å². The number of ketones is 1. The van der Waals surface area contributed by atoms with E-state index in [1.165, 1.54) is 0 Å². The van der Waals surface area contributed by atoms with Crippen molar-refractivity contribution in [3.63, 3.8) is 0 Å². The van der Waals surface area contributed by atoms with Crippen molar-refractivity contribution in [3.8, 4) is 0 Å². The zero-order chi connectivity index (χ0) is 14.4. The molecule has 0 fully saturated rings. The van der Waals surface area contributed by atoms with E-state index in [4.69, 9.17) is 0 Å². The third-order valence-corrected chi connectivity index (χ3v) is 3.34.